The van der Waals surface area contributed by atoms with Crippen molar-refractivity contribution in [1.29, 1.82) is 5.26 Å². The number of nitriles is 1. The summed E-state index contributed by atoms with van der Waals surface area (Å²) in [4.78, 5) is 31.8. The highest BCUT2D eigenvalue weighted by Gasteiger charge is 2.15. The van der Waals surface area contributed by atoms with E-state index in [-0.39, 0.29) is 16.8 Å². The van der Waals surface area contributed by atoms with Gasteiger partial charge in [-0.3, -0.25) is 9.59 Å². The standard InChI is InChI=1S/C18H16ClN5O2/c1-9(21-15-5-4-12(8-20)24(3)18(15)26)13-6-11-7-14(19)10(2)22-16(11)23-17(13)25/h4-7,9,21H,1-3H3,(H,22,23,25). The van der Waals surface area contributed by atoms with Crippen LogP contribution in [0.15, 0.2) is 33.9 Å². The van der Waals surface area contributed by atoms with Gasteiger partial charge in [0.1, 0.15) is 23.1 Å². The molecule has 8 heteroatoms. The van der Waals surface area contributed by atoms with E-state index in [4.69, 9.17) is 16.9 Å². The van der Waals surface area contributed by atoms with E-state index < -0.39 is 6.04 Å². The Kier molecular flexibility index (Phi) is 4.53. The Hall–Kier alpha value is -3.11. The topological polar surface area (TPSA) is 104 Å². The van der Waals surface area contributed by atoms with Crippen molar-refractivity contribution < 1.29 is 0 Å². The highest BCUT2D eigenvalue weighted by molar-refractivity contribution is 6.31. The van der Waals surface area contributed by atoms with Crippen molar-refractivity contribution in [2.45, 2.75) is 19.9 Å². The second-order valence-electron chi connectivity index (χ2n) is 6.02. The molecule has 0 aliphatic heterocycles. The van der Waals surface area contributed by atoms with Crippen LogP contribution >= 0.6 is 11.6 Å². The van der Waals surface area contributed by atoms with Gasteiger partial charge in [0.15, 0.2) is 0 Å². The molecular weight excluding hydrogens is 354 g/mol. The van der Waals surface area contributed by atoms with Crippen LogP contribution in [0.5, 0.6) is 0 Å². The van der Waals surface area contributed by atoms with Crippen LogP contribution in [-0.2, 0) is 7.05 Å². The Morgan fingerprint density at radius 3 is 2.77 bits per heavy atom. The molecule has 1 unspecified atom stereocenters. The Morgan fingerprint density at radius 2 is 2.08 bits per heavy atom. The predicted molar refractivity (Wildman–Crippen MR) is 101 cm³/mol. The SMILES string of the molecule is Cc1nc2[nH]c(=O)c(C(C)Nc3ccc(C#N)n(C)c3=O)cc2cc1Cl. The summed E-state index contributed by atoms with van der Waals surface area (Å²) in [6, 6.07) is 8.04. The fraction of sp³-hybridized carbons (Fsp3) is 0.222. The van der Waals surface area contributed by atoms with Gasteiger partial charge in [-0.15, -0.1) is 0 Å². The maximum absolute atomic E-state index is 12.4. The van der Waals surface area contributed by atoms with Crippen molar-refractivity contribution in [3.63, 3.8) is 0 Å². The average molecular weight is 370 g/mol. The van der Waals surface area contributed by atoms with Crippen LogP contribution in [-0.4, -0.2) is 14.5 Å². The fourth-order valence-electron chi connectivity index (χ4n) is 2.71. The summed E-state index contributed by atoms with van der Waals surface area (Å²) in [6.07, 6.45) is 0. The number of rotatable bonds is 3. The zero-order valence-corrected chi connectivity index (χ0v) is 15.2. The number of anilines is 1. The molecule has 0 saturated carbocycles. The molecule has 1 atom stereocenters. The summed E-state index contributed by atoms with van der Waals surface area (Å²) in [5, 5.41) is 13.2. The number of pyridine rings is 3. The zero-order chi connectivity index (χ0) is 19.0. The van der Waals surface area contributed by atoms with E-state index in [0.29, 0.717) is 33.0 Å². The largest absolute Gasteiger partial charge is 0.374 e. The number of fused-ring (bicyclic) bond motifs is 1. The molecule has 7 nitrogen and oxygen atoms in total. The van der Waals surface area contributed by atoms with Crippen molar-refractivity contribution >= 4 is 28.3 Å². The summed E-state index contributed by atoms with van der Waals surface area (Å²) in [6.45, 7) is 3.54. The van der Waals surface area contributed by atoms with E-state index in [0.717, 1.165) is 0 Å². The van der Waals surface area contributed by atoms with Gasteiger partial charge in [-0.1, -0.05) is 11.6 Å². The van der Waals surface area contributed by atoms with Crippen molar-refractivity contribution in [2.24, 2.45) is 7.05 Å². The molecule has 0 spiro atoms. The van der Waals surface area contributed by atoms with Gasteiger partial charge in [-0.25, -0.2) is 4.98 Å². The van der Waals surface area contributed by atoms with Crippen LogP contribution in [0.2, 0.25) is 5.02 Å². The molecule has 3 rings (SSSR count). The highest BCUT2D eigenvalue weighted by atomic mass is 35.5. The first-order valence-electron chi connectivity index (χ1n) is 7.88. The average Bonchev–Trinajstić information content (AvgIpc) is 2.60. The minimum Gasteiger partial charge on any atom is -0.374 e. The quantitative estimate of drug-likeness (QED) is 0.738. The van der Waals surface area contributed by atoms with E-state index in [9.17, 15) is 9.59 Å². The van der Waals surface area contributed by atoms with Gasteiger partial charge < -0.3 is 14.9 Å². The summed E-state index contributed by atoms with van der Waals surface area (Å²) < 4.78 is 1.26. The van der Waals surface area contributed by atoms with Gasteiger partial charge in [0.25, 0.3) is 11.1 Å². The van der Waals surface area contributed by atoms with Crippen LogP contribution in [0, 0.1) is 18.3 Å². The fourth-order valence-corrected chi connectivity index (χ4v) is 2.87. The number of nitrogens with zero attached hydrogens (tertiary/aromatic N) is 3. The van der Waals surface area contributed by atoms with E-state index >= 15 is 0 Å². The van der Waals surface area contributed by atoms with Gasteiger partial charge in [0.2, 0.25) is 0 Å². The Labute approximate surface area is 153 Å². The molecule has 0 amide bonds. The molecule has 0 bridgehead atoms. The Morgan fingerprint density at radius 1 is 1.35 bits per heavy atom. The molecule has 0 aliphatic carbocycles. The summed E-state index contributed by atoms with van der Waals surface area (Å²) in [5.41, 5.74) is 1.47. The molecule has 0 fully saturated rings. The molecule has 3 heterocycles. The number of aromatic amines is 1. The number of aryl methyl sites for hydroxylation is 1. The van der Waals surface area contributed by atoms with E-state index in [1.807, 2.05) is 6.07 Å². The van der Waals surface area contributed by atoms with Crippen molar-refractivity contribution in [3.8, 4) is 6.07 Å². The Bertz CT molecular complexity index is 1170. The van der Waals surface area contributed by atoms with Crippen molar-refractivity contribution in [1.82, 2.24) is 14.5 Å². The lowest BCUT2D eigenvalue weighted by atomic mass is 10.1. The second kappa shape index (κ2) is 6.65. The second-order valence-corrected chi connectivity index (χ2v) is 6.43. The third-order valence-corrected chi connectivity index (χ3v) is 4.63. The lowest BCUT2D eigenvalue weighted by Gasteiger charge is -2.16. The van der Waals surface area contributed by atoms with Gasteiger partial charge in [-0.05, 0) is 38.1 Å². The molecule has 132 valence electrons. The van der Waals surface area contributed by atoms with Gasteiger partial charge in [0.05, 0.1) is 16.8 Å². The number of halogens is 1. The molecule has 0 radical (unpaired) electrons. The molecule has 3 aromatic rings. The van der Waals surface area contributed by atoms with E-state index in [1.165, 1.54) is 17.7 Å². The van der Waals surface area contributed by atoms with E-state index in [1.54, 1.807) is 32.0 Å². The van der Waals surface area contributed by atoms with Crippen LogP contribution < -0.4 is 16.4 Å². The maximum atomic E-state index is 12.4. The van der Waals surface area contributed by atoms with Crippen LogP contribution in [0.3, 0.4) is 0 Å². The summed E-state index contributed by atoms with van der Waals surface area (Å²) >= 11 is 6.12. The lowest BCUT2D eigenvalue weighted by Crippen LogP contribution is -2.26. The Balaban J connectivity index is 2.02. The van der Waals surface area contributed by atoms with E-state index in [2.05, 4.69) is 15.3 Å². The predicted octanol–water partition coefficient (Wildman–Crippen LogP) is 2.63. The first kappa shape index (κ1) is 17.7. The maximum Gasteiger partial charge on any atom is 0.274 e. The van der Waals surface area contributed by atoms with Gasteiger partial charge in [-0.2, -0.15) is 5.26 Å². The zero-order valence-electron chi connectivity index (χ0n) is 14.4. The smallest absolute Gasteiger partial charge is 0.274 e. The van der Waals surface area contributed by atoms with Crippen LogP contribution in [0.4, 0.5) is 5.69 Å². The molecule has 0 aromatic carbocycles. The van der Waals surface area contributed by atoms with Gasteiger partial charge in [0, 0.05) is 18.0 Å². The molecule has 2 N–H and O–H groups in total. The molecule has 3 aromatic heterocycles. The van der Waals surface area contributed by atoms with Crippen LogP contribution in [0.25, 0.3) is 11.0 Å². The molecule has 0 saturated heterocycles. The molecule has 26 heavy (non-hydrogen) atoms. The number of H-pyrrole nitrogens is 1. The summed E-state index contributed by atoms with van der Waals surface area (Å²) in [7, 11) is 1.52. The number of nitrogens with one attached hydrogen (secondary N) is 2. The normalized spacial score (nSPS) is 12.0. The van der Waals surface area contributed by atoms with Gasteiger partial charge >= 0.3 is 0 Å². The third-order valence-electron chi connectivity index (χ3n) is 4.24. The summed E-state index contributed by atoms with van der Waals surface area (Å²) in [5.74, 6) is 0. The third kappa shape index (κ3) is 3.07. The first-order chi connectivity index (χ1) is 12.3. The highest BCUT2D eigenvalue weighted by Crippen LogP contribution is 2.21. The molecule has 0 aliphatic rings. The van der Waals surface area contributed by atoms with Crippen molar-refractivity contribution in [3.05, 3.63) is 66.9 Å². The number of hydrogen-bond acceptors (Lipinski definition) is 5. The van der Waals surface area contributed by atoms with Crippen molar-refractivity contribution in [2.75, 3.05) is 5.32 Å². The van der Waals surface area contributed by atoms with Crippen LogP contribution in [0.1, 0.15) is 29.9 Å². The minimum absolute atomic E-state index is 0.257. The lowest BCUT2D eigenvalue weighted by molar-refractivity contribution is 0.818. The minimum atomic E-state index is -0.441. The first-order valence-corrected chi connectivity index (χ1v) is 8.26. The molecular formula is C18H16ClN5O2. The number of hydrogen-bond donors (Lipinski definition) is 2. The monoisotopic (exact) mass is 369 g/mol. The number of aromatic nitrogens is 3.